The molecular formula is C17H15Cl2N3O3. The first-order valence-corrected chi connectivity index (χ1v) is 8.10. The Balaban J connectivity index is 1.73. The molecule has 0 atom stereocenters. The van der Waals surface area contributed by atoms with Gasteiger partial charge in [0.2, 0.25) is 5.89 Å². The molecule has 0 spiro atoms. The smallest absolute Gasteiger partial charge is 0.320 e. The zero-order valence-electron chi connectivity index (χ0n) is 13.5. The van der Waals surface area contributed by atoms with E-state index in [2.05, 4.69) is 15.5 Å². The summed E-state index contributed by atoms with van der Waals surface area (Å²) in [5.41, 5.74) is 1.59. The minimum Gasteiger partial charge on any atom is -0.493 e. The van der Waals surface area contributed by atoms with Crippen molar-refractivity contribution in [1.82, 2.24) is 10.2 Å². The highest BCUT2D eigenvalue weighted by molar-refractivity contribution is 6.36. The second-order valence-electron chi connectivity index (χ2n) is 5.12. The van der Waals surface area contributed by atoms with E-state index in [-0.39, 0.29) is 6.01 Å². The molecule has 0 bridgehead atoms. The van der Waals surface area contributed by atoms with Gasteiger partial charge in [0.25, 0.3) is 0 Å². The number of hydrogen-bond acceptors (Lipinski definition) is 6. The van der Waals surface area contributed by atoms with Gasteiger partial charge in [-0.3, -0.25) is 0 Å². The van der Waals surface area contributed by atoms with E-state index in [9.17, 15) is 0 Å². The molecule has 0 radical (unpaired) electrons. The van der Waals surface area contributed by atoms with Gasteiger partial charge in [-0.15, -0.1) is 5.10 Å². The van der Waals surface area contributed by atoms with Gasteiger partial charge in [0, 0.05) is 5.02 Å². The molecule has 0 saturated heterocycles. The van der Waals surface area contributed by atoms with E-state index in [1.165, 1.54) is 0 Å². The van der Waals surface area contributed by atoms with Crippen LogP contribution in [-0.4, -0.2) is 24.4 Å². The van der Waals surface area contributed by atoms with Crippen molar-refractivity contribution in [2.45, 2.75) is 6.42 Å². The predicted octanol–water partition coefficient (Wildman–Crippen LogP) is 4.73. The molecular weight excluding hydrogens is 365 g/mol. The van der Waals surface area contributed by atoms with Gasteiger partial charge in [-0.25, -0.2) is 0 Å². The second kappa shape index (κ2) is 7.63. The number of benzene rings is 2. The monoisotopic (exact) mass is 379 g/mol. The third-order valence-electron chi connectivity index (χ3n) is 3.44. The van der Waals surface area contributed by atoms with Gasteiger partial charge in [-0.2, -0.15) is 0 Å². The fourth-order valence-electron chi connectivity index (χ4n) is 2.25. The van der Waals surface area contributed by atoms with E-state index >= 15 is 0 Å². The molecule has 1 aromatic heterocycles. The van der Waals surface area contributed by atoms with Crippen molar-refractivity contribution < 1.29 is 13.9 Å². The lowest BCUT2D eigenvalue weighted by Crippen LogP contribution is -1.94. The van der Waals surface area contributed by atoms with Crippen LogP contribution in [0.1, 0.15) is 11.5 Å². The normalized spacial score (nSPS) is 10.6. The molecule has 3 aromatic rings. The molecule has 3 rings (SSSR count). The zero-order valence-corrected chi connectivity index (χ0v) is 15.1. The standard InChI is InChI=1S/C17H15Cl2N3O3/c1-23-14-6-3-10(7-15(14)24-2)8-16-21-22-17(25-16)20-13-5-4-11(18)9-12(13)19/h3-7,9H,8H2,1-2H3,(H,20,22). The summed E-state index contributed by atoms with van der Waals surface area (Å²) in [6, 6.07) is 10.9. The van der Waals surface area contributed by atoms with E-state index in [1.807, 2.05) is 18.2 Å². The van der Waals surface area contributed by atoms with Crippen LogP contribution in [0.4, 0.5) is 11.7 Å². The molecule has 0 aliphatic rings. The lowest BCUT2D eigenvalue weighted by Gasteiger charge is -2.08. The maximum atomic E-state index is 6.12. The zero-order chi connectivity index (χ0) is 17.8. The van der Waals surface area contributed by atoms with Gasteiger partial charge in [0.1, 0.15) is 0 Å². The Morgan fingerprint density at radius 1 is 1.00 bits per heavy atom. The van der Waals surface area contributed by atoms with Crippen LogP contribution in [-0.2, 0) is 6.42 Å². The fraction of sp³-hybridized carbons (Fsp3) is 0.176. The van der Waals surface area contributed by atoms with Crippen LogP contribution >= 0.6 is 23.2 Å². The number of nitrogens with one attached hydrogen (secondary N) is 1. The lowest BCUT2D eigenvalue weighted by molar-refractivity contribution is 0.354. The topological polar surface area (TPSA) is 69.4 Å². The van der Waals surface area contributed by atoms with Crippen LogP contribution in [0.3, 0.4) is 0 Å². The molecule has 0 unspecified atom stereocenters. The van der Waals surface area contributed by atoms with Crippen molar-refractivity contribution >= 4 is 34.9 Å². The average Bonchev–Trinajstić information content (AvgIpc) is 3.04. The molecule has 6 nitrogen and oxygen atoms in total. The van der Waals surface area contributed by atoms with Gasteiger partial charge in [0.15, 0.2) is 11.5 Å². The fourth-order valence-corrected chi connectivity index (χ4v) is 2.70. The molecule has 1 N–H and O–H groups in total. The number of ether oxygens (including phenoxy) is 2. The van der Waals surface area contributed by atoms with Crippen LogP contribution in [0.15, 0.2) is 40.8 Å². The van der Waals surface area contributed by atoms with Crippen molar-refractivity contribution in [3.8, 4) is 11.5 Å². The van der Waals surface area contributed by atoms with E-state index in [0.29, 0.717) is 39.5 Å². The van der Waals surface area contributed by atoms with Crippen LogP contribution in [0, 0.1) is 0 Å². The van der Waals surface area contributed by atoms with Crippen LogP contribution in [0.5, 0.6) is 11.5 Å². The molecule has 0 amide bonds. The van der Waals surface area contributed by atoms with Crippen molar-refractivity contribution in [1.29, 1.82) is 0 Å². The van der Waals surface area contributed by atoms with Crippen LogP contribution in [0.2, 0.25) is 10.0 Å². The molecule has 2 aromatic carbocycles. The molecule has 8 heteroatoms. The van der Waals surface area contributed by atoms with Gasteiger partial charge in [0.05, 0.1) is 31.4 Å². The van der Waals surface area contributed by atoms with Gasteiger partial charge >= 0.3 is 6.01 Å². The number of methoxy groups -OCH3 is 2. The maximum absolute atomic E-state index is 6.12. The summed E-state index contributed by atoms with van der Waals surface area (Å²) >= 11 is 12.0. The Morgan fingerprint density at radius 3 is 2.52 bits per heavy atom. The lowest BCUT2D eigenvalue weighted by atomic mass is 10.1. The first-order valence-electron chi connectivity index (χ1n) is 7.34. The minimum atomic E-state index is 0.250. The number of aromatic nitrogens is 2. The van der Waals surface area contributed by atoms with Gasteiger partial charge in [-0.1, -0.05) is 34.4 Å². The highest BCUT2D eigenvalue weighted by Crippen LogP contribution is 2.30. The first kappa shape index (κ1) is 17.4. The average molecular weight is 380 g/mol. The molecule has 25 heavy (non-hydrogen) atoms. The van der Waals surface area contributed by atoms with E-state index in [0.717, 1.165) is 5.56 Å². The third kappa shape index (κ3) is 4.15. The second-order valence-corrected chi connectivity index (χ2v) is 5.96. The van der Waals surface area contributed by atoms with Crippen molar-refractivity contribution in [3.05, 3.63) is 57.9 Å². The molecule has 0 fully saturated rings. The summed E-state index contributed by atoms with van der Waals surface area (Å²) in [6.45, 7) is 0. The van der Waals surface area contributed by atoms with Crippen molar-refractivity contribution in [3.63, 3.8) is 0 Å². The van der Waals surface area contributed by atoms with E-state index < -0.39 is 0 Å². The van der Waals surface area contributed by atoms with Crippen molar-refractivity contribution in [2.24, 2.45) is 0 Å². The Labute approximate surface area is 154 Å². The Kier molecular flexibility index (Phi) is 5.31. The summed E-state index contributed by atoms with van der Waals surface area (Å²) in [4.78, 5) is 0. The van der Waals surface area contributed by atoms with Gasteiger partial charge < -0.3 is 19.2 Å². The number of anilines is 2. The molecule has 0 aliphatic heterocycles. The van der Waals surface area contributed by atoms with Crippen molar-refractivity contribution in [2.75, 3.05) is 19.5 Å². The minimum absolute atomic E-state index is 0.250. The largest absolute Gasteiger partial charge is 0.493 e. The number of halogens is 2. The molecule has 130 valence electrons. The maximum Gasteiger partial charge on any atom is 0.320 e. The summed E-state index contributed by atoms with van der Waals surface area (Å²) < 4.78 is 16.1. The Bertz CT molecular complexity index is 883. The number of nitrogens with zero attached hydrogens (tertiary/aromatic N) is 2. The van der Waals surface area contributed by atoms with Crippen LogP contribution in [0.25, 0.3) is 0 Å². The summed E-state index contributed by atoms with van der Waals surface area (Å²) in [5, 5.41) is 12.0. The highest BCUT2D eigenvalue weighted by atomic mass is 35.5. The SMILES string of the molecule is COc1ccc(Cc2nnc(Nc3ccc(Cl)cc3Cl)o2)cc1OC. The van der Waals surface area contributed by atoms with Gasteiger partial charge in [-0.05, 0) is 35.9 Å². The molecule has 0 saturated carbocycles. The predicted molar refractivity (Wildman–Crippen MR) is 96.4 cm³/mol. The Hall–Kier alpha value is -2.44. The quantitative estimate of drug-likeness (QED) is 0.667. The van der Waals surface area contributed by atoms with Crippen LogP contribution < -0.4 is 14.8 Å². The summed E-state index contributed by atoms with van der Waals surface area (Å²) in [7, 11) is 3.18. The summed E-state index contributed by atoms with van der Waals surface area (Å²) in [6.07, 6.45) is 0.462. The number of rotatable bonds is 6. The third-order valence-corrected chi connectivity index (χ3v) is 3.99. The molecule has 0 aliphatic carbocycles. The Morgan fingerprint density at radius 2 is 1.80 bits per heavy atom. The van der Waals surface area contributed by atoms with E-state index in [4.69, 9.17) is 37.1 Å². The molecule has 1 heterocycles. The summed E-state index contributed by atoms with van der Waals surface area (Å²) in [5.74, 6) is 1.77. The highest BCUT2D eigenvalue weighted by Gasteiger charge is 2.11. The first-order chi connectivity index (χ1) is 12.1. The number of hydrogen-bond donors (Lipinski definition) is 1. The van der Waals surface area contributed by atoms with E-state index in [1.54, 1.807) is 32.4 Å².